The van der Waals surface area contributed by atoms with Gasteiger partial charge in [0.1, 0.15) is 0 Å². The van der Waals surface area contributed by atoms with E-state index in [1.54, 1.807) is 0 Å². The number of hydrogen-bond acceptors (Lipinski definition) is 3. The van der Waals surface area contributed by atoms with Crippen LogP contribution in [0.2, 0.25) is 0 Å². The molecule has 3 rings (SSSR count). The number of rotatable bonds is 3. The molecule has 3 nitrogen and oxygen atoms in total. The minimum atomic E-state index is 0. The van der Waals surface area contributed by atoms with Crippen molar-refractivity contribution in [1.82, 2.24) is 9.88 Å². The van der Waals surface area contributed by atoms with Gasteiger partial charge in [-0.1, -0.05) is 36.4 Å². The fraction of sp³-hybridized carbons (Fsp3) is 0.312. The van der Waals surface area contributed by atoms with Gasteiger partial charge in [-0.25, -0.2) is 0 Å². The first-order valence-corrected chi connectivity index (χ1v) is 6.79. The SMILES string of the molecule is Cl.NCc1ccc2c(n1)CCN(Cc1ccccc1)C2. The maximum absolute atomic E-state index is 5.64. The van der Waals surface area contributed by atoms with Crippen molar-refractivity contribution >= 4 is 12.4 Å². The zero-order valence-corrected chi connectivity index (χ0v) is 12.3. The predicted octanol–water partition coefficient (Wildman–Crippen LogP) is 2.52. The largest absolute Gasteiger partial charge is 0.325 e. The molecule has 1 aromatic carbocycles. The van der Waals surface area contributed by atoms with Crippen LogP contribution >= 0.6 is 12.4 Å². The molecule has 2 heterocycles. The molecule has 0 fully saturated rings. The van der Waals surface area contributed by atoms with Crippen LogP contribution in [0.4, 0.5) is 0 Å². The lowest BCUT2D eigenvalue weighted by Crippen LogP contribution is -2.30. The average Bonchev–Trinajstić information content (AvgIpc) is 2.48. The van der Waals surface area contributed by atoms with Crippen molar-refractivity contribution in [3.8, 4) is 0 Å². The number of aromatic nitrogens is 1. The van der Waals surface area contributed by atoms with E-state index in [1.165, 1.54) is 16.8 Å². The highest BCUT2D eigenvalue weighted by Crippen LogP contribution is 2.19. The Morgan fingerprint density at radius 1 is 1.10 bits per heavy atom. The second kappa shape index (κ2) is 6.84. The van der Waals surface area contributed by atoms with Crippen molar-refractivity contribution < 1.29 is 0 Å². The normalized spacial score (nSPS) is 14.4. The van der Waals surface area contributed by atoms with Gasteiger partial charge in [0, 0.05) is 38.3 Å². The van der Waals surface area contributed by atoms with Crippen LogP contribution in [0.1, 0.15) is 22.5 Å². The summed E-state index contributed by atoms with van der Waals surface area (Å²) in [5, 5.41) is 0. The smallest absolute Gasteiger partial charge is 0.0543 e. The molecule has 106 valence electrons. The Balaban J connectivity index is 0.00000147. The first kappa shape index (κ1) is 15.0. The van der Waals surface area contributed by atoms with E-state index >= 15 is 0 Å². The van der Waals surface area contributed by atoms with E-state index in [9.17, 15) is 0 Å². The van der Waals surface area contributed by atoms with Gasteiger partial charge in [-0.15, -0.1) is 12.4 Å². The van der Waals surface area contributed by atoms with E-state index in [1.807, 2.05) is 6.07 Å². The Labute approximate surface area is 126 Å². The number of hydrogen-bond donors (Lipinski definition) is 1. The lowest BCUT2D eigenvalue weighted by Gasteiger charge is -2.28. The molecular weight excluding hydrogens is 270 g/mol. The Hall–Kier alpha value is -1.42. The number of benzene rings is 1. The van der Waals surface area contributed by atoms with Crippen molar-refractivity contribution in [3.05, 3.63) is 65.0 Å². The molecule has 0 bridgehead atoms. The monoisotopic (exact) mass is 289 g/mol. The Morgan fingerprint density at radius 2 is 1.90 bits per heavy atom. The van der Waals surface area contributed by atoms with E-state index in [-0.39, 0.29) is 12.4 Å². The quantitative estimate of drug-likeness (QED) is 0.944. The third-order valence-electron chi connectivity index (χ3n) is 3.64. The minimum Gasteiger partial charge on any atom is -0.325 e. The number of nitrogens with zero attached hydrogens (tertiary/aromatic N) is 2. The summed E-state index contributed by atoms with van der Waals surface area (Å²) in [5.74, 6) is 0. The molecular formula is C16H20ClN3. The molecule has 0 unspecified atom stereocenters. The second-order valence-electron chi connectivity index (χ2n) is 5.06. The van der Waals surface area contributed by atoms with Gasteiger partial charge in [-0.3, -0.25) is 9.88 Å². The minimum absolute atomic E-state index is 0. The molecule has 0 amide bonds. The summed E-state index contributed by atoms with van der Waals surface area (Å²) in [7, 11) is 0. The lowest BCUT2D eigenvalue weighted by molar-refractivity contribution is 0.243. The molecule has 1 aliphatic rings. The lowest BCUT2D eigenvalue weighted by atomic mass is 10.0. The van der Waals surface area contributed by atoms with Gasteiger partial charge < -0.3 is 5.73 Å². The molecule has 0 aliphatic carbocycles. The zero-order valence-electron chi connectivity index (χ0n) is 11.5. The molecule has 0 saturated heterocycles. The van der Waals surface area contributed by atoms with Crippen LogP contribution in [0, 0.1) is 0 Å². The van der Waals surface area contributed by atoms with Crippen LogP contribution in [0.25, 0.3) is 0 Å². The molecule has 0 atom stereocenters. The molecule has 1 aliphatic heterocycles. The van der Waals surface area contributed by atoms with Crippen molar-refractivity contribution in [2.75, 3.05) is 6.54 Å². The van der Waals surface area contributed by atoms with E-state index in [0.717, 1.165) is 31.7 Å². The van der Waals surface area contributed by atoms with Crippen molar-refractivity contribution in [2.24, 2.45) is 5.73 Å². The van der Waals surface area contributed by atoms with E-state index in [0.29, 0.717) is 6.54 Å². The molecule has 20 heavy (non-hydrogen) atoms. The van der Waals surface area contributed by atoms with Crippen molar-refractivity contribution in [3.63, 3.8) is 0 Å². The van der Waals surface area contributed by atoms with Gasteiger partial charge in [-0.2, -0.15) is 0 Å². The third kappa shape index (κ3) is 3.37. The highest BCUT2D eigenvalue weighted by molar-refractivity contribution is 5.85. The molecule has 0 radical (unpaired) electrons. The van der Waals surface area contributed by atoms with Crippen LogP contribution in [0.3, 0.4) is 0 Å². The van der Waals surface area contributed by atoms with Crippen LogP contribution in [0.5, 0.6) is 0 Å². The summed E-state index contributed by atoms with van der Waals surface area (Å²) in [6.07, 6.45) is 1.02. The Bertz CT molecular complexity index is 557. The van der Waals surface area contributed by atoms with Gasteiger partial charge in [0.2, 0.25) is 0 Å². The summed E-state index contributed by atoms with van der Waals surface area (Å²) in [5.41, 5.74) is 10.6. The second-order valence-corrected chi connectivity index (χ2v) is 5.06. The summed E-state index contributed by atoms with van der Waals surface area (Å²) in [6.45, 7) is 3.60. The van der Waals surface area contributed by atoms with Crippen LogP contribution in [0.15, 0.2) is 42.5 Å². The van der Waals surface area contributed by atoms with E-state index in [2.05, 4.69) is 46.3 Å². The topological polar surface area (TPSA) is 42.1 Å². The van der Waals surface area contributed by atoms with Crippen LogP contribution in [-0.2, 0) is 26.1 Å². The standard InChI is InChI=1S/C16H19N3.ClH/c17-10-15-7-6-14-12-19(9-8-16(14)18-15)11-13-4-2-1-3-5-13;/h1-7H,8-12,17H2;1H. The third-order valence-corrected chi connectivity index (χ3v) is 3.64. The maximum atomic E-state index is 5.64. The Kier molecular flexibility index (Phi) is 5.12. The van der Waals surface area contributed by atoms with Gasteiger partial charge >= 0.3 is 0 Å². The van der Waals surface area contributed by atoms with Gasteiger partial charge in [0.05, 0.1) is 5.69 Å². The molecule has 0 spiro atoms. The molecule has 0 saturated carbocycles. The number of halogens is 1. The van der Waals surface area contributed by atoms with Crippen LogP contribution < -0.4 is 5.73 Å². The van der Waals surface area contributed by atoms with Crippen molar-refractivity contribution in [2.45, 2.75) is 26.1 Å². The average molecular weight is 290 g/mol. The predicted molar refractivity (Wildman–Crippen MR) is 83.6 cm³/mol. The highest BCUT2D eigenvalue weighted by atomic mass is 35.5. The van der Waals surface area contributed by atoms with E-state index < -0.39 is 0 Å². The fourth-order valence-corrected chi connectivity index (χ4v) is 2.61. The van der Waals surface area contributed by atoms with Crippen LogP contribution in [-0.4, -0.2) is 16.4 Å². The maximum Gasteiger partial charge on any atom is 0.0543 e. The molecule has 1 aromatic heterocycles. The summed E-state index contributed by atoms with van der Waals surface area (Å²) >= 11 is 0. The summed E-state index contributed by atoms with van der Waals surface area (Å²) in [4.78, 5) is 7.10. The Morgan fingerprint density at radius 3 is 2.65 bits per heavy atom. The van der Waals surface area contributed by atoms with Gasteiger partial charge in [-0.05, 0) is 17.2 Å². The zero-order chi connectivity index (χ0) is 13.1. The summed E-state index contributed by atoms with van der Waals surface area (Å²) in [6, 6.07) is 14.9. The van der Waals surface area contributed by atoms with Gasteiger partial charge in [0.25, 0.3) is 0 Å². The van der Waals surface area contributed by atoms with E-state index in [4.69, 9.17) is 5.73 Å². The van der Waals surface area contributed by atoms with Crippen molar-refractivity contribution in [1.29, 1.82) is 0 Å². The number of fused-ring (bicyclic) bond motifs is 1. The first-order valence-electron chi connectivity index (χ1n) is 6.79. The number of nitrogens with two attached hydrogens (primary N) is 1. The molecule has 2 aromatic rings. The molecule has 2 N–H and O–H groups in total. The molecule has 4 heteroatoms. The fourth-order valence-electron chi connectivity index (χ4n) is 2.61. The summed E-state index contributed by atoms with van der Waals surface area (Å²) < 4.78 is 0. The first-order chi connectivity index (χ1) is 9.35. The van der Waals surface area contributed by atoms with Gasteiger partial charge in [0.15, 0.2) is 0 Å². The highest BCUT2D eigenvalue weighted by Gasteiger charge is 2.17. The number of pyridine rings is 1.